The quantitative estimate of drug-likeness (QED) is 0.143. The average Bonchev–Trinajstić information content (AvgIpc) is 3.74. The number of hydrogen-bond acceptors (Lipinski definition) is 2. The first-order valence-corrected chi connectivity index (χ1v) is 22.9. The number of hydrogen-bond donors (Lipinski definition) is 0. The smallest absolute Gasteiger partial charge is 0.0629 e. The maximum absolute atomic E-state index is 2.56. The van der Waals surface area contributed by atoms with Gasteiger partial charge in [-0.1, -0.05) is 212 Å². The molecule has 2 unspecified atom stereocenters. The number of allylic oxidation sites excluding steroid dienone is 2. The topological polar surface area (TPSA) is 6.48 Å². The summed E-state index contributed by atoms with van der Waals surface area (Å²) in [5.74, 6) is 0.299. The minimum atomic E-state index is 0.196. The van der Waals surface area contributed by atoms with Crippen LogP contribution >= 0.6 is 0 Å². The van der Waals surface area contributed by atoms with Gasteiger partial charge in [0.1, 0.15) is 0 Å². The molecule has 0 fully saturated rings. The van der Waals surface area contributed by atoms with Gasteiger partial charge in [-0.25, -0.2) is 0 Å². The zero-order chi connectivity index (χ0) is 43.8. The van der Waals surface area contributed by atoms with Gasteiger partial charge in [0.15, 0.2) is 0 Å². The number of para-hydroxylation sites is 1. The molecule has 0 radical (unpaired) electrons. The Bertz CT molecular complexity index is 3410. The molecule has 12 rings (SSSR count). The van der Waals surface area contributed by atoms with E-state index in [9.17, 15) is 0 Å². The fourth-order valence-electron chi connectivity index (χ4n) is 10.3. The van der Waals surface area contributed by atoms with Crippen molar-refractivity contribution >= 4 is 39.2 Å². The van der Waals surface area contributed by atoms with Crippen LogP contribution in [-0.2, 0) is 0 Å². The van der Waals surface area contributed by atoms with Crippen LogP contribution in [0.25, 0.3) is 66.4 Å². The van der Waals surface area contributed by atoms with Gasteiger partial charge in [0, 0.05) is 39.9 Å². The maximum atomic E-state index is 2.56. The van der Waals surface area contributed by atoms with Gasteiger partial charge in [0.2, 0.25) is 0 Å². The van der Waals surface area contributed by atoms with Crippen LogP contribution in [0.2, 0.25) is 0 Å². The number of nitrogens with zero attached hydrogens (tertiary/aromatic N) is 2. The van der Waals surface area contributed by atoms with Crippen LogP contribution < -0.4 is 9.80 Å². The SMILES string of the molecule is C1=CC2c3ccccc3N(c3ccc(-c4ccccc4)cc3-c3ccc(N(c4ccc(-c5ccccc5)cc4)c4cccc(-c5ccc(-c6ccccc6)c6ccccc56)c4)cc3)C2C=C1. The molecule has 0 bridgehead atoms. The molecule has 0 aromatic heterocycles. The molecule has 10 aromatic carbocycles. The van der Waals surface area contributed by atoms with Gasteiger partial charge in [0.25, 0.3) is 0 Å². The standard InChI is InChI=1S/C64H46N2/c1-4-17-45(18-5-1)47-31-36-52(37-32-47)65(54-24-16-23-51(43-54)56-41-40-55(48-21-8-3-9-22-48)57-25-10-11-26-58(56)57)53-38-33-49(34-39-53)61-44-50(46-19-6-2-7-20-46)35-42-64(61)66-62-29-14-12-27-59(62)60-28-13-15-30-63(60)66/h1-44,59,62H. The summed E-state index contributed by atoms with van der Waals surface area (Å²) < 4.78 is 0. The second kappa shape index (κ2) is 16.9. The lowest BCUT2D eigenvalue weighted by Crippen LogP contribution is -2.28. The number of anilines is 5. The highest BCUT2D eigenvalue weighted by atomic mass is 15.2. The Kier molecular flexibility index (Phi) is 10.0. The second-order valence-electron chi connectivity index (χ2n) is 17.2. The third-order valence-corrected chi connectivity index (χ3v) is 13.4. The molecule has 10 aromatic rings. The molecule has 2 aliphatic rings. The summed E-state index contributed by atoms with van der Waals surface area (Å²) in [7, 11) is 0. The third-order valence-electron chi connectivity index (χ3n) is 13.4. The molecule has 1 heterocycles. The summed E-state index contributed by atoms with van der Waals surface area (Å²) in [6.07, 6.45) is 9.11. The normalized spacial score (nSPS) is 14.8. The molecule has 312 valence electrons. The Morgan fingerprint density at radius 2 is 0.803 bits per heavy atom. The van der Waals surface area contributed by atoms with Crippen molar-refractivity contribution in [3.63, 3.8) is 0 Å². The summed E-state index contributed by atoms with van der Waals surface area (Å²) in [4.78, 5) is 4.95. The molecule has 0 spiro atoms. The number of benzene rings is 10. The first-order chi connectivity index (χ1) is 32.7. The van der Waals surface area contributed by atoms with E-state index < -0.39 is 0 Å². The predicted octanol–water partition coefficient (Wildman–Crippen LogP) is 17.4. The van der Waals surface area contributed by atoms with Crippen LogP contribution in [0.5, 0.6) is 0 Å². The molecule has 1 aliphatic heterocycles. The van der Waals surface area contributed by atoms with Crippen molar-refractivity contribution < 1.29 is 0 Å². The van der Waals surface area contributed by atoms with E-state index in [0.717, 1.165) is 17.1 Å². The van der Waals surface area contributed by atoms with Gasteiger partial charge in [-0.2, -0.15) is 0 Å². The third kappa shape index (κ3) is 7.10. The largest absolute Gasteiger partial charge is 0.333 e. The van der Waals surface area contributed by atoms with Crippen molar-refractivity contribution in [1.82, 2.24) is 0 Å². The summed E-state index contributed by atoms with van der Waals surface area (Å²) >= 11 is 0. The second-order valence-corrected chi connectivity index (χ2v) is 17.2. The van der Waals surface area contributed by atoms with Gasteiger partial charge in [-0.15, -0.1) is 0 Å². The van der Waals surface area contributed by atoms with Crippen molar-refractivity contribution in [2.75, 3.05) is 9.80 Å². The fraction of sp³-hybridized carbons (Fsp3) is 0.0312. The van der Waals surface area contributed by atoms with E-state index in [1.54, 1.807) is 0 Å². The lowest BCUT2D eigenvalue weighted by atomic mass is 9.91. The van der Waals surface area contributed by atoms with Crippen molar-refractivity contribution in [2.24, 2.45) is 0 Å². The minimum absolute atomic E-state index is 0.196. The first-order valence-electron chi connectivity index (χ1n) is 22.9. The fourth-order valence-corrected chi connectivity index (χ4v) is 10.3. The summed E-state index contributed by atoms with van der Waals surface area (Å²) in [5.41, 5.74) is 19.1. The molecular weight excluding hydrogens is 797 g/mol. The molecule has 0 saturated carbocycles. The van der Waals surface area contributed by atoms with E-state index in [0.29, 0.717) is 5.92 Å². The van der Waals surface area contributed by atoms with Crippen molar-refractivity contribution in [3.05, 3.63) is 273 Å². The summed E-state index contributed by atoms with van der Waals surface area (Å²) in [5, 5.41) is 2.48. The average molecular weight is 843 g/mol. The molecule has 66 heavy (non-hydrogen) atoms. The molecule has 2 atom stereocenters. The molecule has 2 nitrogen and oxygen atoms in total. The van der Waals surface area contributed by atoms with E-state index in [1.807, 2.05) is 0 Å². The highest BCUT2D eigenvalue weighted by Crippen LogP contribution is 2.51. The lowest BCUT2D eigenvalue weighted by molar-refractivity contribution is 0.745. The van der Waals surface area contributed by atoms with Crippen LogP contribution in [0.4, 0.5) is 28.4 Å². The van der Waals surface area contributed by atoms with Crippen LogP contribution in [0.15, 0.2) is 267 Å². The highest BCUT2D eigenvalue weighted by molar-refractivity contribution is 6.05. The van der Waals surface area contributed by atoms with Gasteiger partial charge in [-0.05, 0) is 121 Å². The summed E-state index contributed by atoms with van der Waals surface area (Å²) in [6, 6.07) is 88.7. The molecular formula is C64H46N2. The van der Waals surface area contributed by atoms with Crippen LogP contribution in [0.3, 0.4) is 0 Å². The lowest BCUT2D eigenvalue weighted by Gasteiger charge is -2.31. The minimum Gasteiger partial charge on any atom is -0.333 e. The Labute approximate surface area is 387 Å². The van der Waals surface area contributed by atoms with Crippen molar-refractivity contribution in [2.45, 2.75) is 12.0 Å². The molecule has 0 N–H and O–H groups in total. The molecule has 2 heteroatoms. The zero-order valence-electron chi connectivity index (χ0n) is 36.5. The van der Waals surface area contributed by atoms with Gasteiger partial charge < -0.3 is 9.80 Å². The Balaban J connectivity index is 0.982. The maximum Gasteiger partial charge on any atom is 0.0629 e. The Morgan fingerprint density at radius 1 is 0.303 bits per heavy atom. The Hall–Kier alpha value is -8.46. The highest BCUT2D eigenvalue weighted by Gasteiger charge is 2.38. The van der Waals surface area contributed by atoms with Gasteiger partial charge >= 0.3 is 0 Å². The van der Waals surface area contributed by atoms with Crippen molar-refractivity contribution in [1.29, 1.82) is 0 Å². The van der Waals surface area contributed by atoms with Gasteiger partial charge in [0.05, 0.1) is 6.04 Å². The van der Waals surface area contributed by atoms with Crippen LogP contribution in [-0.4, -0.2) is 6.04 Å². The first kappa shape index (κ1) is 39.2. The number of fused-ring (bicyclic) bond motifs is 4. The van der Waals surface area contributed by atoms with E-state index in [4.69, 9.17) is 0 Å². The zero-order valence-corrected chi connectivity index (χ0v) is 36.5. The van der Waals surface area contributed by atoms with E-state index in [2.05, 4.69) is 277 Å². The van der Waals surface area contributed by atoms with Crippen LogP contribution in [0, 0.1) is 0 Å². The van der Waals surface area contributed by atoms with E-state index in [1.165, 1.54) is 83.3 Å². The molecule has 0 amide bonds. The van der Waals surface area contributed by atoms with Crippen LogP contribution in [0.1, 0.15) is 11.5 Å². The molecule has 0 saturated heterocycles. The molecule has 1 aliphatic carbocycles. The number of rotatable bonds is 9. The van der Waals surface area contributed by atoms with Gasteiger partial charge in [-0.3, -0.25) is 0 Å². The van der Waals surface area contributed by atoms with Crippen molar-refractivity contribution in [3.8, 4) is 55.6 Å². The van der Waals surface area contributed by atoms with E-state index in [-0.39, 0.29) is 6.04 Å². The predicted molar refractivity (Wildman–Crippen MR) is 279 cm³/mol. The monoisotopic (exact) mass is 842 g/mol. The summed E-state index contributed by atoms with van der Waals surface area (Å²) in [6.45, 7) is 0. The Morgan fingerprint density at radius 3 is 1.48 bits per heavy atom. The van der Waals surface area contributed by atoms with E-state index >= 15 is 0 Å².